The molecule has 0 bridgehead atoms. The standard InChI is InChI=1S/C9H18N2O3/c1-4-10-8(12)7-11(2)6-5-9(13)14-3/h4-7H2,1-3H3,(H,10,12). The van der Waals surface area contributed by atoms with Crippen LogP contribution in [0.5, 0.6) is 0 Å². The summed E-state index contributed by atoms with van der Waals surface area (Å²) < 4.78 is 4.49. The summed E-state index contributed by atoms with van der Waals surface area (Å²) in [7, 11) is 3.14. The maximum Gasteiger partial charge on any atom is 0.306 e. The van der Waals surface area contributed by atoms with Gasteiger partial charge in [0.1, 0.15) is 0 Å². The zero-order valence-corrected chi connectivity index (χ0v) is 9.00. The third-order valence-electron chi connectivity index (χ3n) is 1.71. The molecule has 0 aliphatic heterocycles. The van der Waals surface area contributed by atoms with Crippen molar-refractivity contribution in [3.63, 3.8) is 0 Å². The largest absolute Gasteiger partial charge is 0.469 e. The Bertz CT molecular complexity index is 194. The second-order valence-electron chi connectivity index (χ2n) is 3.02. The van der Waals surface area contributed by atoms with E-state index >= 15 is 0 Å². The molecule has 1 N–H and O–H groups in total. The summed E-state index contributed by atoms with van der Waals surface area (Å²) in [6.45, 7) is 3.34. The van der Waals surface area contributed by atoms with Gasteiger partial charge in [0.05, 0.1) is 20.1 Å². The van der Waals surface area contributed by atoms with Crippen molar-refractivity contribution in [3.8, 4) is 0 Å². The molecule has 0 atom stereocenters. The molecule has 5 nitrogen and oxygen atoms in total. The zero-order valence-electron chi connectivity index (χ0n) is 9.00. The summed E-state index contributed by atoms with van der Waals surface area (Å²) in [4.78, 5) is 23.7. The van der Waals surface area contributed by atoms with Crippen molar-refractivity contribution in [1.29, 1.82) is 0 Å². The number of methoxy groups -OCH3 is 1. The van der Waals surface area contributed by atoms with E-state index in [0.29, 0.717) is 26.1 Å². The van der Waals surface area contributed by atoms with Crippen LogP contribution < -0.4 is 5.32 Å². The van der Waals surface area contributed by atoms with Crippen LogP contribution in [0.25, 0.3) is 0 Å². The van der Waals surface area contributed by atoms with Crippen LogP contribution in [0.15, 0.2) is 0 Å². The van der Waals surface area contributed by atoms with Gasteiger partial charge in [-0.05, 0) is 14.0 Å². The highest BCUT2D eigenvalue weighted by molar-refractivity contribution is 5.78. The molecule has 0 saturated heterocycles. The molecule has 0 unspecified atom stereocenters. The fourth-order valence-corrected chi connectivity index (χ4v) is 0.961. The highest BCUT2D eigenvalue weighted by Gasteiger charge is 2.07. The molecule has 0 aliphatic rings. The lowest BCUT2D eigenvalue weighted by Gasteiger charge is -2.14. The van der Waals surface area contributed by atoms with Crippen molar-refractivity contribution in [3.05, 3.63) is 0 Å². The third-order valence-corrected chi connectivity index (χ3v) is 1.71. The van der Waals surface area contributed by atoms with Gasteiger partial charge in [0.15, 0.2) is 0 Å². The molecule has 0 spiro atoms. The van der Waals surface area contributed by atoms with Crippen LogP contribution in [0, 0.1) is 0 Å². The smallest absolute Gasteiger partial charge is 0.306 e. The molecule has 0 aromatic heterocycles. The van der Waals surface area contributed by atoms with Gasteiger partial charge < -0.3 is 10.1 Å². The quantitative estimate of drug-likeness (QED) is 0.596. The number of esters is 1. The van der Waals surface area contributed by atoms with Crippen molar-refractivity contribution < 1.29 is 14.3 Å². The van der Waals surface area contributed by atoms with Gasteiger partial charge in [0.25, 0.3) is 0 Å². The predicted molar refractivity (Wildman–Crippen MR) is 52.8 cm³/mol. The van der Waals surface area contributed by atoms with Crippen LogP contribution in [0.1, 0.15) is 13.3 Å². The first-order valence-corrected chi connectivity index (χ1v) is 4.62. The predicted octanol–water partition coefficient (Wildman–Crippen LogP) is -0.383. The van der Waals surface area contributed by atoms with E-state index in [0.717, 1.165) is 0 Å². The minimum absolute atomic E-state index is 0.0279. The first-order valence-electron chi connectivity index (χ1n) is 4.62. The Balaban J connectivity index is 3.59. The average Bonchev–Trinajstić information content (AvgIpc) is 2.14. The van der Waals surface area contributed by atoms with E-state index in [1.807, 2.05) is 6.92 Å². The number of amides is 1. The molecular formula is C9H18N2O3. The van der Waals surface area contributed by atoms with Gasteiger partial charge in [0.2, 0.25) is 5.91 Å². The van der Waals surface area contributed by atoms with Crippen LogP contribution >= 0.6 is 0 Å². The first-order chi connectivity index (χ1) is 6.60. The molecular weight excluding hydrogens is 184 g/mol. The highest BCUT2D eigenvalue weighted by Crippen LogP contribution is 1.89. The van der Waals surface area contributed by atoms with E-state index < -0.39 is 0 Å². The summed E-state index contributed by atoms with van der Waals surface area (Å²) in [6, 6.07) is 0. The van der Waals surface area contributed by atoms with Crippen molar-refractivity contribution in [2.24, 2.45) is 0 Å². The van der Waals surface area contributed by atoms with Gasteiger partial charge >= 0.3 is 5.97 Å². The number of ether oxygens (including phenoxy) is 1. The Labute approximate surface area is 84.4 Å². The number of hydrogen-bond donors (Lipinski definition) is 1. The number of nitrogens with zero attached hydrogens (tertiary/aromatic N) is 1. The summed E-state index contributed by atoms with van der Waals surface area (Å²) in [5.41, 5.74) is 0. The number of nitrogens with one attached hydrogen (secondary N) is 1. The molecule has 0 heterocycles. The lowest BCUT2D eigenvalue weighted by molar-refractivity contribution is -0.141. The summed E-state index contributed by atoms with van der Waals surface area (Å²) >= 11 is 0. The number of rotatable bonds is 6. The van der Waals surface area contributed by atoms with Gasteiger partial charge in [-0.3, -0.25) is 14.5 Å². The Morgan fingerprint density at radius 3 is 2.57 bits per heavy atom. The monoisotopic (exact) mass is 202 g/mol. The molecule has 0 fully saturated rings. The number of carbonyl (C=O) groups excluding carboxylic acids is 2. The van der Waals surface area contributed by atoms with E-state index in [4.69, 9.17) is 0 Å². The third kappa shape index (κ3) is 6.42. The van der Waals surface area contributed by atoms with Crippen molar-refractivity contribution in [2.75, 3.05) is 33.8 Å². The van der Waals surface area contributed by atoms with Crippen LogP contribution in [-0.4, -0.2) is 50.6 Å². The Kier molecular flexibility index (Phi) is 6.74. The SMILES string of the molecule is CCNC(=O)CN(C)CCC(=O)OC. The van der Waals surface area contributed by atoms with E-state index in [9.17, 15) is 9.59 Å². The van der Waals surface area contributed by atoms with Crippen LogP contribution in [0.2, 0.25) is 0 Å². The topological polar surface area (TPSA) is 58.6 Å². The van der Waals surface area contributed by atoms with Gasteiger partial charge in [0, 0.05) is 13.1 Å². The molecule has 14 heavy (non-hydrogen) atoms. The number of carbonyl (C=O) groups is 2. The van der Waals surface area contributed by atoms with Crippen LogP contribution in [0.4, 0.5) is 0 Å². The summed E-state index contributed by atoms with van der Waals surface area (Å²) in [5.74, 6) is -0.285. The lowest BCUT2D eigenvalue weighted by atomic mass is 10.4. The second-order valence-corrected chi connectivity index (χ2v) is 3.02. The molecule has 0 aromatic carbocycles. The minimum atomic E-state index is -0.257. The molecule has 0 aromatic rings. The van der Waals surface area contributed by atoms with Crippen LogP contribution in [0.3, 0.4) is 0 Å². The molecule has 0 aliphatic carbocycles. The van der Waals surface area contributed by atoms with Crippen LogP contribution in [-0.2, 0) is 14.3 Å². The van der Waals surface area contributed by atoms with Crippen molar-refractivity contribution in [1.82, 2.24) is 10.2 Å². The van der Waals surface area contributed by atoms with E-state index in [2.05, 4.69) is 10.1 Å². The normalized spacial score (nSPS) is 10.0. The van der Waals surface area contributed by atoms with E-state index in [1.165, 1.54) is 7.11 Å². The second kappa shape index (κ2) is 7.32. The highest BCUT2D eigenvalue weighted by atomic mass is 16.5. The van der Waals surface area contributed by atoms with E-state index in [1.54, 1.807) is 11.9 Å². The lowest BCUT2D eigenvalue weighted by Crippen LogP contribution is -2.35. The Hall–Kier alpha value is -1.10. The summed E-state index contributed by atoms with van der Waals surface area (Å²) in [5, 5.41) is 2.68. The fraction of sp³-hybridized carbons (Fsp3) is 0.778. The fourth-order valence-electron chi connectivity index (χ4n) is 0.961. The molecule has 82 valence electrons. The first kappa shape index (κ1) is 12.9. The summed E-state index contributed by atoms with van der Waals surface area (Å²) in [6.07, 6.45) is 0.312. The van der Waals surface area contributed by atoms with Gasteiger partial charge in [-0.15, -0.1) is 0 Å². The minimum Gasteiger partial charge on any atom is -0.469 e. The van der Waals surface area contributed by atoms with Gasteiger partial charge in [-0.25, -0.2) is 0 Å². The zero-order chi connectivity index (χ0) is 11.0. The maximum absolute atomic E-state index is 11.1. The average molecular weight is 202 g/mol. The molecule has 1 amide bonds. The molecule has 0 radical (unpaired) electrons. The Morgan fingerprint density at radius 2 is 2.07 bits per heavy atom. The molecule has 0 saturated carbocycles. The maximum atomic E-state index is 11.1. The number of hydrogen-bond acceptors (Lipinski definition) is 4. The van der Waals surface area contributed by atoms with Crippen molar-refractivity contribution in [2.45, 2.75) is 13.3 Å². The Morgan fingerprint density at radius 1 is 1.43 bits per heavy atom. The molecule has 5 heteroatoms. The van der Waals surface area contributed by atoms with E-state index in [-0.39, 0.29) is 11.9 Å². The number of likely N-dealkylation sites (N-methyl/N-ethyl adjacent to an activating group) is 2. The van der Waals surface area contributed by atoms with Gasteiger partial charge in [-0.2, -0.15) is 0 Å². The van der Waals surface area contributed by atoms with Crippen molar-refractivity contribution >= 4 is 11.9 Å². The molecule has 0 rings (SSSR count). The van der Waals surface area contributed by atoms with Gasteiger partial charge in [-0.1, -0.05) is 0 Å².